The highest BCUT2D eigenvalue weighted by Crippen LogP contribution is 2.20. The first-order valence-corrected chi connectivity index (χ1v) is 10.8. The Balaban J connectivity index is 1.48. The van der Waals surface area contributed by atoms with Crippen LogP contribution in [-0.2, 0) is 6.54 Å². The van der Waals surface area contributed by atoms with Gasteiger partial charge in [0.1, 0.15) is 11.9 Å². The van der Waals surface area contributed by atoms with Crippen molar-refractivity contribution in [2.24, 2.45) is 0 Å². The molecule has 0 aliphatic heterocycles. The lowest BCUT2D eigenvalue weighted by Crippen LogP contribution is -2.29. The molecule has 2 aromatic carbocycles. The molecule has 0 spiro atoms. The van der Waals surface area contributed by atoms with Crippen molar-refractivity contribution in [3.8, 4) is 17.3 Å². The van der Waals surface area contributed by atoms with E-state index in [1.807, 2.05) is 30.3 Å². The highest BCUT2D eigenvalue weighted by molar-refractivity contribution is 5.97. The van der Waals surface area contributed by atoms with Crippen LogP contribution in [0.4, 0.5) is 20.4 Å². The Hall–Kier alpha value is -4.98. The number of nitrogens with zero attached hydrogens (tertiary/aromatic N) is 5. The van der Waals surface area contributed by atoms with E-state index in [1.54, 1.807) is 19.1 Å². The van der Waals surface area contributed by atoms with Crippen molar-refractivity contribution in [2.45, 2.75) is 19.5 Å². The molecule has 1 atom stereocenters. The number of anilines is 2. The molecule has 4 N–H and O–H groups in total. The van der Waals surface area contributed by atoms with Crippen LogP contribution in [0.15, 0.2) is 60.8 Å². The van der Waals surface area contributed by atoms with E-state index in [9.17, 15) is 18.8 Å². The molecule has 0 aliphatic carbocycles. The van der Waals surface area contributed by atoms with Gasteiger partial charge in [-0.25, -0.2) is 18.7 Å². The second-order valence-electron chi connectivity index (χ2n) is 7.83. The molecule has 1 unspecified atom stereocenters. The van der Waals surface area contributed by atoms with E-state index in [4.69, 9.17) is 5.73 Å². The average Bonchev–Trinajstić information content (AvgIpc) is 2.89. The number of carbonyl (C=O) groups is 1. The minimum atomic E-state index is -1.02. The number of aromatic nitrogens is 4. The summed E-state index contributed by atoms with van der Waals surface area (Å²) in [4.78, 5) is 21.2. The molecular weight excluding hydrogens is 466 g/mol. The predicted molar refractivity (Wildman–Crippen MR) is 128 cm³/mol. The molecule has 0 saturated carbocycles. The van der Waals surface area contributed by atoms with Crippen LogP contribution in [0.5, 0.6) is 0 Å². The number of nitrogens with one attached hydrogen (secondary N) is 2. The maximum Gasteiger partial charge on any atom is 0.274 e. The fraction of sp³-hybridized carbons (Fsp3) is 0.120. The topological polar surface area (TPSA) is 142 Å². The van der Waals surface area contributed by atoms with Gasteiger partial charge in [0.2, 0.25) is 0 Å². The number of nitriles is 1. The Morgan fingerprint density at radius 1 is 1.08 bits per heavy atom. The van der Waals surface area contributed by atoms with Crippen molar-refractivity contribution in [2.75, 3.05) is 11.1 Å². The monoisotopic (exact) mass is 486 g/mol. The molecule has 4 rings (SSSR count). The van der Waals surface area contributed by atoms with E-state index in [1.165, 1.54) is 12.3 Å². The zero-order valence-corrected chi connectivity index (χ0v) is 19.0. The summed E-state index contributed by atoms with van der Waals surface area (Å²) in [6, 6.07) is 15.5. The summed E-state index contributed by atoms with van der Waals surface area (Å²) in [5, 5.41) is 22.8. The van der Waals surface area contributed by atoms with Crippen molar-refractivity contribution in [1.82, 2.24) is 25.5 Å². The SMILES string of the molecule is CC(NC(=O)c1nc(C#N)cnc1NCc1ccc(-c2ccc(N)nn2)cc1)c1ccc(F)c(F)c1. The summed E-state index contributed by atoms with van der Waals surface area (Å²) in [7, 11) is 0. The zero-order valence-electron chi connectivity index (χ0n) is 19.0. The number of nitrogen functional groups attached to an aromatic ring is 1. The van der Waals surface area contributed by atoms with Gasteiger partial charge in [-0.05, 0) is 42.3 Å². The second-order valence-corrected chi connectivity index (χ2v) is 7.83. The molecule has 2 heterocycles. The number of benzene rings is 2. The third-order valence-corrected chi connectivity index (χ3v) is 5.29. The Bertz CT molecular complexity index is 1440. The van der Waals surface area contributed by atoms with Crippen LogP contribution in [0.2, 0.25) is 0 Å². The lowest BCUT2D eigenvalue weighted by molar-refractivity contribution is 0.0935. The Labute approximate surface area is 205 Å². The first-order valence-electron chi connectivity index (χ1n) is 10.8. The van der Waals surface area contributed by atoms with Crippen LogP contribution in [0, 0.1) is 23.0 Å². The first-order chi connectivity index (χ1) is 17.3. The molecule has 0 bridgehead atoms. The third kappa shape index (κ3) is 5.56. The van der Waals surface area contributed by atoms with Crippen molar-refractivity contribution < 1.29 is 13.6 Å². The van der Waals surface area contributed by atoms with Gasteiger partial charge in [0.25, 0.3) is 5.91 Å². The van der Waals surface area contributed by atoms with Crippen molar-refractivity contribution in [3.05, 3.63) is 94.9 Å². The minimum absolute atomic E-state index is 0.0415. The number of hydrogen-bond acceptors (Lipinski definition) is 8. The summed E-state index contributed by atoms with van der Waals surface area (Å²) < 4.78 is 26.8. The van der Waals surface area contributed by atoms with E-state index < -0.39 is 23.6 Å². The van der Waals surface area contributed by atoms with Crippen LogP contribution in [0.25, 0.3) is 11.3 Å². The summed E-state index contributed by atoms with van der Waals surface area (Å²) >= 11 is 0. The third-order valence-electron chi connectivity index (χ3n) is 5.29. The van der Waals surface area contributed by atoms with Crippen LogP contribution >= 0.6 is 0 Å². The highest BCUT2D eigenvalue weighted by Gasteiger charge is 2.19. The maximum absolute atomic E-state index is 13.6. The van der Waals surface area contributed by atoms with Gasteiger partial charge >= 0.3 is 0 Å². The number of halogens is 2. The Kier molecular flexibility index (Phi) is 7.06. The summed E-state index contributed by atoms with van der Waals surface area (Å²) in [5.74, 6) is -2.13. The predicted octanol–water partition coefficient (Wildman–Crippen LogP) is 3.77. The molecule has 0 aliphatic rings. The first kappa shape index (κ1) is 24.2. The number of nitrogens with two attached hydrogens (primary N) is 1. The molecule has 36 heavy (non-hydrogen) atoms. The molecule has 1 amide bonds. The molecule has 9 nitrogen and oxygen atoms in total. The van der Waals surface area contributed by atoms with Crippen LogP contribution in [0.1, 0.15) is 40.3 Å². The quantitative estimate of drug-likeness (QED) is 0.358. The van der Waals surface area contributed by atoms with E-state index in [0.717, 1.165) is 23.3 Å². The number of carbonyl (C=O) groups excluding carboxylic acids is 1. The molecule has 4 aromatic rings. The van der Waals surface area contributed by atoms with Gasteiger partial charge in [0, 0.05) is 12.1 Å². The summed E-state index contributed by atoms with van der Waals surface area (Å²) in [5.41, 5.74) is 8.22. The standard InChI is InChI=1S/C25H20F2N8O/c1-14(17-6-7-19(26)20(27)10-17)32-25(36)23-24(31-13-18(11-28)33-23)30-12-15-2-4-16(5-3-15)21-8-9-22(29)35-34-21/h2-10,13-14H,12H2,1H3,(H2,29,35)(H,30,31)(H,32,36). The Morgan fingerprint density at radius 3 is 2.53 bits per heavy atom. The average molecular weight is 486 g/mol. The minimum Gasteiger partial charge on any atom is -0.382 e. The van der Waals surface area contributed by atoms with Gasteiger partial charge in [0.05, 0.1) is 17.9 Å². The van der Waals surface area contributed by atoms with Gasteiger partial charge in [-0.1, -0.05) is 30.3 Å². The molecule has 0 fully saturated rings. The smallest absolute Gasteiger partial charge is 0.274 e. The van der Waals surface area contributed by atoms with Crippen molar-refractivity contribution in [3.63, 3.8) is 0 Å². The summed E-state index contributed by atoms with van der Waals surface area (Å²) in [6.45, 7) is 1.93. The van der Waals surface area contributed by atoms with E-state index in [-0.39, 0.29) is 17.2 Å². The maximum atomic E-state index is 13.6. The highest BCUT2D eigenvalue weighted by atomic mass is 19.2. The van der Waals surface area contributed by atoms with Crippen LogP contribution < -0.4 is 16.4 Å². The fourth-order valence-electron chi connectivity index (χ4n) is 3.34. The lowest BCUT2D eigenvalue weighted by atomic mass is 10.1. The number of rotatable bonds is 7. The van der Waals surface area contributed by atoms with Gasteiger partial charge in [-0.15, -0.1) is 10.2 Å². The molecule has 0 saturated heterocycles. The van der Waals surface area contributed by atoms with Crippen molar-refractivity contribution >= 4 is 17.5 Å². The number of amides is 1. The molecule has 0 radical (unpaired) electrons. The van der Waals surface area contributed by atoms with E-state index in [0.29, 0.717) is 23.6 Å². The van der Waals surface area contributed by atoms with Gasteiger partial charge < -0.3 is 16.4 Å². The zero-order chi connectivity index (χ0) is 25.7. The van der Waals surface area contributed by atoms with E-state index in [2.05, 4.69) is 30.8 Å². The van der Waals surface area contributed by atoms with Gasteiger partial charge in [-0.3, -0.25) is 4.79 Å². The van der Waals surface area contributed by atoms with Gasteiger partial charge in [-0.2, -0.15) is 5.26 Å². The second kappa shape index (κ2) is 10.5. The fourth-order valence-corrected chi connectivity index (χ4v) is 3.34. The van der Waals surface area contributed by atoms with Gasteiger partial charge in [0.15, 0.2) is 28.8 Å². The van der Waals surface area contributed by atoms with Crippen LogP contribution in [-0.4, -0.2) is 26.1 Å². The molecule has 11 heteroatoms. The van der Waals surface area contributed by atoms with Crippen molar-refractivity contribution in [1.29, 1.82) is 5.26 Å². The lowest BCUT2D eigenvalue weighted by Gasteiger charge is -2.16. The molecular formula is C25H20F2N8O. The largest absolute Gasteiger partial charge is 0.382 e. The molecule has 2 aromatic heterocycles. The van der Waals surface area contributed by atoms with Crippen LogP contribution in [0.3, 0.4) is 0 Å². The summed E-state index contributed by atoms with van der Waals surface area (Å²) in [6.07, 6.45) is 1.25. The number of hydrogen-bond donors (Lipinski definition) is 3. The van der Waals surface area contributed by atoms with E-state index >= 15 is 0 Å². The normalized spacial score (nSPS) is 11.4. The Morgan fingerprint density at radius 2 is 1.86 bits per heavy atom. The molecule has 180 valence electrons.